The summed E-state index contributed by atoms with van der Waals surface area (Å²) in [5, 5.41) is 8.08. The second-order valence-corrected chi connectivity index (χ2v) is 6.87. The van der Waals surface area contributed by atoms with Crippen molar-refractivity contribution in [2.75, 3.05) is 5.32 Å². The summed E-state index contributed by atoms with van der Waals surface area (Å²) in [5.41, 5.74) is 6.42. The third-order valence-corrected chi connectivity index (χ3v) is 4.73. The van der Waals surface area contributed by atoms with Crippen molar-refractivity contribution in [3.63, 3.8) is 0 Å². The maximum absolute atomic E-state index is 4.72. The molecule has 4 heteroatoms. The van der Waals surface area contributed by atoms with Crippen molar-refractivity contribution in [1.29, 1.82) is 0 Å². The van der Waals surface area contributed by atoms with E-state index in [1.165, 1.54) is 18.4 Å². The van der Waals surface area contributed by atoms with Crippen molar-refractivity contribution in [3.05, 3.63) is 78.1 Å². The van der Waals surface area contributed by atoms with Crippen LogP contribution >= 0.6 is 0 Å². The third kappa shape index (κ3) is 3.70. The number of anilines is 2. The number of aromatic nitrogens is 3. The Labute approximate surface area is 159 Å². The minimum Gasteiger partial charge on any atom is -0.340 e. The summed E-state index contributed by atoms with van der Waals surface area (Å²) in [5.74, 6) is 0.918. The van der Waals surface area contributed by atoms with E-state index in [-0.39, 0.29) is 0 Å². The molecule has 0 radical (unpaired) electrons. The van der Waals surface area contributed by atoms with Crippen LogP contribution in [0.4, 0.5) is 11.5 Å². The molecule has 4 aromatic rings. The number of hydrogen-bond donors (Lipinski definition) is 1. The van der Waals surface area contributed by atoms with Gasteiger partial charge in [0.2, 0.25) is 0 Å². The van der Waals surface area contributed by atoms with Gasteiger partial charge >= 0.3 is 0 Å². The largest absolute Gasteiger partial charge is 0.340 e. The van der Waals surface area contributed by atoms with E-state index in [4.69, 9.17) is 4.98 Å². The Kier molecular flexibility index (Phi) is 4.88. The zero-order valence-electron chi connectivity index (χ0n) is 15.8. The number of hydrogen-bond acceptors (Lipinski definition) is 3. The first kappa shape index (κ1) is 17.3. The predicted molar refractivity (Wildman–Crippen MR) is 111 cm³/mol. The molecule has 0 saturated heterocycles. The van der Waals surface area contributed by atoms with Crippen LogP contribution < -0.4 is 5.32 Å². The number of aryl methyl sites for hydroxylation is 2. The molecule has 0 aliphatic rings. The van der Waals surface area contributed by atoms with Gasteiger partial charge in [0.1, 0.15) is 5.82 Å². The minimum atomic E-state index is 0.864. The molecule has 0 aliphatic heterocycles. The van der Waals surface area contributed by atoms with E-state index in [0.29, 0.717) is 0 Å². The van der Waals surface area contributed by atoms with Gasteiger partial charge in [0, 0.05) is 23.0 Å². The fourth-order valence-electron chi connectivity index (χ4n) is 3.28. The fraction of sp³-hybridized carbons (Fsp3) is 0.217. The molecule has 2 aromatic heterocycles. The van der Waals surface area contributed by atoms with Crippen LogP contribution in [0.2, 0.25) is 0 Å². The van der Waals surface area contributed by atoms with Crippen molar-refractivity contribution >= 4 is 17.2 Å². The summed E-state index contributed by atoms with van der Waals surface area (Å²) in [6.07, 6.45) is 5.47. The molecule has 0 atom stereocenters. The Bertz CT molecular complexity index is 1030. The van der Waals surface area contributed by atoms with E-state index < -0.39 is 0 Å². The molecule has 2 aromatic carbocycles. The molecule has 0 amide bonds. The lowest BCUT2D eigenvalue weighted by Crippen LogP contribution is -2.02. The maximum atomic E-state index is 4.72. The summed E-state index contributed by atoms with van der Waals surface area (Å²) >= 11 is 0. The second kappa shape index (κ2) is 7.62. The van der Waals surface area contributed by atoms with E-state index in [2.05, 4.69) is 53.7 Å². The summed E-state index contributed by atoms with van der Waals surface area (Å²) in [4.78, 5) is 4.72. The first-order valence-corrected chi connectivity index (χ1v) is 9.51. The smallest absolute Gasteiger partial charge is 0.165 e. The monoisotopic (exact) mass is 356 g/mol. The summed E-state index contributed by atoms with van der Waals surface area (Å²) in [7, 11) is 0. The molecule has 1 N–H and O–H groups in total. The van der Waals surface area contributed by atoms with Crippen LogP contribution in [0.1, 0.15) is 31.0 Å². The Morgan fingerprint density at radius 2 is 1.78 bits per heavy atom. The molecule has 136 valence electrons. The molecular weight excluding hydrogens is 332 g/mol. The summed E-state index contributed by atoms with van der Waals surface area (Å²) in [6.45, 7) is 4.24. The van der Waals surface area contributed by atoms with Gasteiger partial charge in [-0.3, -0.25) is 0 Å². The lowest BCUT2D eigenvalue weighted by atomic mass is 10.1. The first-order chi connectivity index (χ1) is 13.2. The Morgan fingerprint density at radius 3 is 2.52 bits per heavy atom. The molecule has 0 saturated carbocycles. The number of fused-ring (bicyclic) bond motifs is 1. The number of nitrogens with one attached hydrogen (secondary N) is 1. The maximum Gasteiger partial charge on any atom is 0.165 e. The van der Waals surface area contributed by atoms with Gasteiger partial charge in [-0.2, -0.15) is 9.61 Å². The van der Waals surface area contributed by atoms with Gasteiger partial charge in [-0.1, -0.05) is 55.8 Å². The summed E-state index contributed by atoms with van der Waals surface area (Å²) < 4.78 is 1.88. The van der Waals surface area contributed by atoms with E-state index in [0.717, 1.165) is 40.4 Å². The molecule has 4 rings (SSSR count). The first-order valence-electron chi connectivity index (χ1n) is 9.51. The zero-order chi connectivity index (χ0) is 18.6. The highest BCUT2D eigenvalue weighted by Crippen LogP contribution is 2.27. The zero-order valence-corrected chi connectivity index (χ0v) is 15.8. The average Bonchev–Trinajstić information content (AvgIpc) is 3.12. The van der Waals surface area contributed by atoms with Gasteiger partial charge in [-0.25, -0.2) is 4.98 Å². The van der Waals surface area contributed by atoms with Crippen LogP contribution in [0.3, 0.4) is 0 Å². The van der Waals surface area contributed by atoms with Crippen molar-refractivity contribution in [1.82, 2.24) is 14.6 Å². The van der Waals surface area contributed by atoms with Gasteiger partial charge in [-0.05, 0) is 43.0 Å². The van der Waals surface area contributed by atoms with Crippen LogP contribution in [0, 0.1) is 6.92 Å². The molecule has 2 heterocycles. The van der Waals surface area contributed by atoms with Crippen molar-refractivity contribution in [3.8, 4) is 11.1 Å². The van der Waals surface area contributed by atoms with Gasteiger partial charge in [0.05, 0.1) is 6.20 Å². The van der Waals surface area contributed by atoms with Crippen LogP contribution in [0.15, 0.2) is 66.9 Å². The van der Waals surface area contributed by atoms with Crippen LogP contribution in [0.5, 0.6) is 0 Å². The Morgan fingerprint density at radius 1 is 1.00 bits per heavy atom. The van der Waals surface area contributed by atoms with Gasteiger partial charge in [0.15, 0.2) is 5.65 Å². The standard InChI is InChI=1S/C23H24N4/c1-3-4-8-18-11-13-20(14-12-18)26-22-15-17(2)25-23-21(16-24-27(22)23)19-9-6-5-7-10-19/h5-7,9-16,26H,3-4,8H2,1-2H3. The van der Waals surface area contributed by atoms with Crippen LogP contribution in [-0.2, 0) is 6.42 Å². The number of nitrogens with zero attached hydrogens (tertiary/aromatic N) is 3. The molecule has 27 heavy (non-hydrogen) atoms. The Hall–Kier alpha value is -3.14. The van der Waals surface area contributed by atoms with Gasteiger partial charge in [-0.15, -0.1) is 0 Å². The predicted octanol–water partition coefficient (Wildman–Crippen LogP) is 5.79. The number of benzene rings is 2. The molecule has 0 spiro atoms. The van der Waals surface area contributed by atoms with E-state index >= 15 is 0 Å². The average molecular weight is 356 g/mol. The minimum absolute atomic E-state index is 0.864. The highest BCUT2D eigenvalue weighted by atomic mass is 15.3. The molecule has 0 aliphatic carbocycles. The van der Waals surface area contributed by atoms with Crippen LogP contribution in [-0.4, -0.2) is 14.6 Å². The normalized spacial score (nSPS) is 11.0. The van der Waals surface area contributed by atoms with Gasteiger partial charge < -0.3 is 5.32 Å². The number of rotatable bonds is 6. The quantitative estimate of drug-likeness (QED) is 0.475. The summed E-state index contributed by atoms with van der Waals surface area (Å²) in [6, 6.07) is 20.9. The molecule has 4 nitrogen and oxygen atoms in total. The highest BCUT2D eigenvalue weighted by molar-refractivity contribution is 5.78. The van der Waals surface area contributed by atoms with E-state index in [1.807, 2.05) is 41.9 Å². The number of unbranched alkanes of at least 4 members (excludes halogenated alkanes) is 1. The van der Waals surface area contributed by atoms with Crippen LogP contribution in [0.25, 0.3) is 16.8 Å². The SMILES string of the molecule is CCCCc1ccc(Nc2cc(C)nc3c(-c4ccccc4)cnn23)cc1. The van der Waals surface area contributed by atoms with Crippen molar-refractivity contribution < 1.29 is 0 Å². The molecule has 0 fully saturated rings. The van der Waals surface area contributed by atoms with E-state index in [1.54, 1.807) is 0 Å². The topological polar surface area (TPSA) is 42.2 Å². The third-order valence-electron chi connectivity index (χ3n) is 4.73. The molecule has 0 unspecified atom stereocenters. The lowest BCUT2D eigenvalue weighted by Gasteiger charge is -2.10. The molecule has 0 bridgehead atoms. The fourth-order valence-corrected chi connectivity index (χ4v) is 3.28. The second-order valence-electron chi connectivity index (χ2n) is 6.87. The van der Waals surface area contributed by atoms with E-state index in [9.17, 15) is 0 Å². The lowest BCUT2D eigenvalue weighted by molar-refractivity contribution is 0.795. The van der Waals surface area contributed by atoms with Crippen molar-refractivity contribution in [2.24, 2.45) is 0 Å². The molecular formula is C23H24N4. The Balaban J connectivity index is 1.67. The highest BCUT2D eigenvalue weighted by Gasteiger charge is 2.12. The van der Waals surface area contributed by atoms with Gasteiger partial charge in [0.25, 0.3) is 0 Å². The van der Waals surface area contributed by atoms with Crippen molar-refractivity contribution in [2.45, 2.75) is 33.1 Å².